The standard InChI is InChI=1S/C9H15NO/c1-10-7-9(11)6-8-4-2-3-5-8/h4,10H,2-3,5-7H2,1H3. The molecule has 0 fully saturated rings. The summed E-state index contributed by atoms with van der Waals surface area (Å²) in [5.41, 5.74) is 1.34. The molecule has 1 aliphatic rings. The first-order chi connectivity index (χ1) is 5.33. The minimum absolute atomic E-state index is 0.306. The number of ketones is 1. The zero-order valence-electron chi connectivity index (χ0n) is 7.02. The van der Waals surface area contributed by atoms with Gasteiger partial charge in [-0.1, -0.05) is 11.6 Å². The van der Waals surface area contributed by atoms with Crippen LogP contribution in [0.3, 0.4) is 0 Å². The lowest BCUT2D eigenvalue weighted by molar-refractivity contribution is -0.117. The molecule has 0 radical (unpaired) electrons. The van der Waals surface area contributed by atoms with E-state index < -0.39 is 0 Å². The highest BCUT2D eigenvalue weighted by molar-refractivity contribution is 5.82. The molecule has 0 aromatic heterocycles. The number of Topliss-reactive ketones (excluding diaryl/α,β-unsaturated/α-hetero) is 1. The summed E-state index contributed by atoms with van der Waals surface area (Å²) in [7, 11) is 1.81. The Morgan fingerprint density at radius 1 is 1.73 bits per heavy atom. The normalized spacial score (nSPS) is 16.6. The summed E-state index contributed by atoms with van der Waals surface area (Å²) >= 11 is 0. The van der Waals surface area contributed by atoms with Crippen LogP contribution < -0.4 is 5.32 Å². The average molecular weight is 153 g/mol. The molecule has 2 nitrogen and oxygen atoms in total. The predicted octanol–water partition coefficient (Wildman–Crippen LogP) is 1.28. The van der Waals surface area contributed by atoms with Crippen molar-refractivity contribution in [2.45, 2.75) is 25.7 Å². The van der Waals surface area contributed by atoms with Crippen molar-refractivity contribution in [1.82, 2.24) is 5.32 Å². The van der Waals surface area contributed by atoms with E-state index in [9.17, 15) is 4.79 Å². The van der Waals surface area contributed by atoms with Gasteiger partial charge in [-0.2, -0.15) is 0 Å². The van der Waals surface area contributed by atoms with Gasteiger partial charge in [0.05, 0.1) is 6.54 Å². The Labute approximate surface area is 67.7 Å². The molecule has 0 amide bonds. The van der Waals surface area contributed by atoms with Gasteiger partial charge in [-0.3, -0.25) is 4.79 Å². The first kappa shape index (κ1) is 8.47. The van der Waals surface area contributed by atoms with Crippen molar-refractivity contribution in [2.75, 3.05) is 13.6 Å². The maximum Gasteiger partial charge on any atom is 0.150 e. The van der Waals surface area contributed by atoms with E-state index in [2.05, 4.69) is 11.4 Å². The van der Waals surface area contributed by atoms with E-state index in [4.69, 9.17) is 0 Å². The van der Waals surface area contributed by atoms with Gasteiger partial charge in [0.25, 0.3) is 0 Å². The van der Waals surface area contributed by atoms with Gasteiger partial charge in [0, 0.05) is 6.42 Å². The zero-order chi connectivity index (χ0) is 8.10. The number of hydrogen-bond donors (Lipinski definition) is 1. The van der Waals surface area contributed by atoms with Crippen LogP contribution in [0, 0.1) is 0 Å². The fourth-order valence-electron chi connectivity index (χ4n) is 1.41. The van der Waals surface area contributed by atoms with Crippen molar-refractivity contribution in [3.05, 3.63) is 11.6 Å². The molecule has 1 N–H and O–H groups in total. The average Bonchev–Trinajstić information content (AvgIpc) is 2.40. The summed E-state index contributed by atoms with van der Waals surface area (Å²) in [6, 6.07) is 0. The van der Waals surface area contributed by atoms with Crippen LogP contribution in [0.1, 0.15) is 25.7 Å². The van der Waals surface area contributed by atoms with E-state index in [0.29, 0.717) is 18.7 Å². The molecule has 0 heterocycles. The summed E-state index contributed by atoms with van der Waals surface area (Å²) in [5.74, 6) is 0.306. The van der Waals surface area contributed by atoms with Gasteiger partial charge in [0.1, 0.15) is 0 Å². The molecule has 0 unspecified atom stereocenters. The highest BCUT2D eigenvalue weighted by Gasteiger charge is 2.08. The van der Waals surface area contributed by atoms with Gasteiger partial charge < -0.3 is 5.32 Å². The Kier molecular flexibility index (Phi) is 3.30. The van der Waals surface area contributed by atoms with E-state index in [1.165, 1.54) is 18.4 Å². The van der Waals surface area contributed by atoms with Gasteiger partial charge in [0.2, 0.25) is 0 Å². The van der Waals surface area contributed by atoms with Gasteiger partial charge in [-0.25, -0.2) is 0 Å². The first-order valence-electron chi connectivity index (χ1n) is 4.17. The molecule has 0 saturated heterocycles. The SMILES string of the molecule is CNCC(=O)CC1=CCCC1. The van der Waals surface area contributed by atoms with Crippen LogP contribution in [0.5, 0.6) is 0 Å². The van der Waals surface area contributed by atoms with Crippen molar-refractivity contribution in [3.63, 3.8) is 0 Å². The smallest absolute Gasteiger partial charge is 0.150 e. The lowest BCUT2D eigenvalue weighted by Crippen LogP contribution is -2.18. The molecule has 62 valence electrons. The third kappa shape index (κ3) is 2.85. The molecule has 0 bridgehead atoms. The Morgan fingerprint density at radius 2 is 2.55 bits per heavy atom. The maximum absolute atomic E-state index is 11.1. The fourth-order valence-corrected chi connectivity index (χ4v) is 1.41. The Bertz CT molecular complexity index is 172. The lowest BCUT2D eigenvalue weighted by Gasteiger charge is -1.99. The molecule has 2 heteroatoms. The van der Waals surface area contributed by atoms with Crippen molar-refractivity contribution < 1.29 is 4.79 Å². The second-order valence-electron chi connectivity index (χ2n) is 3.00. The van der Waals surface area contributed by atoms with Crippen LogP contribution >= 0.6 is 0 Å². The summed E-state index contributed by atoms with van der Waals surface area (Å²) < 4.78 is 0. The maximum atomic E-state index is 11.1. The summed E-state index contributed by atoms with van der Waals surface area (Å²) in [5, 5.41) is 2.86. The van der Waals surface area contributed by atoms with E-state index in [0.717, 1.165) is 6.42 Å². The van der Waals surface area contributed by atoms with E-state index in [1.807, 2.05) is 0 Å². The predicted molar refractivity (Wildman–Crippen MR) is 45.5 cm³/mol. The highest BCUT2D eigenvalue weighted by Crippen LogP contribution is 2.20. The second kappa shape index (κ2) is 4.29. The van der Waals surface area contributed by atoms with Crippen LogP contribution in [0.25, 0.3) is 0 Å². The van der Waals surface area contributed by atoms with E-state index >= 15 is 0 Å². The first-order valence-corrected chi connectivity index (χ1v) is 4.17. The number of rotatable bonds is 4. The summed E-state index contributed by atoms with van der Waals surface area (Å²) in [6.45, 7) is 0.511. The van der Waals surface area contributed by atoms with Crippen LogP contribution in [-0.2, 0) is 4.79 Å². The summed E-state index contributed by atoms with van der Waals surface area (Å²) in [4.78, 5) is 11.1. The Balaban J connectivity index is 2.24. The van der Waals surface area contributed by atoms with Gasteiger partial charge in [0.15, 0.2) is 5.78 Å². The van der Waals surface area contributed by atoms with Gasteiger partial charge in [-0.15, -0.1) is 0 Å². The number of nitrogens with one attached hydrogen (secondary N) is 1. The van der Waals surface area contributed by atoms with Crippen LogP contribution in [0.2, 0.25) is 0 Å². The topological polar surface area (TPSA) is 29.1 Å². The number of hydrogen-bond acceptors (Lipinski definition) is 2. The van der Waals surface area contributed by atoms with Crippen LogP contribution in [0.15, 0.2) is 11.6 Å². The van der Waals surface area contributed by atoms with Crippen molar-refractivity contribution in [1.29, 1.82) is 0 Å². The third-order valence-corrected chi connectivity index (χ3v) is 1.93. The van der Waals surface area contributed by atoms with Crippen molar-refractivity contribution in [3.8, 4) is 0 Å². The molecular formula is C9H15NO. The van der Waals surface area contributed by atoms with Crippen molar-refractivity contribution in [2.24, 2.45) is 0 Å². The molecule has 0 atom stereocenters. The molecular weight excluding hydrogens is 138 g/mol. The monoisotopic (exact) mass is 153 g/mol. The molecule has 0 aromatic rings. The number of allylic oxidation sites excluding steroid dienone is 2. The second-order valence-corrected chi connectivity index (χ2v) is 3.00. The molecule has 0 aliphatic heterocycles. The number of carbonyl (C=O) groups is 1. The zero-order valence-corrected chi connectivity index (χ0v) is 7.02. The van der Waals surface area contributed by atoms with Crippen LogP contribution in [-0.4, -0.2) is 19.4 Å². The minimum atomic E-state index is 0.306. The molecule has 1 aliphatic carbocycles. The fraction of sp³-hybridized carbons (Fsp3) is 0.667. The van der Waals surface area contributed by atoms with E-state index in [-0.39, 0.29) is 0 Å². The minimum Gasteiger partial charge on any atom is -0.313 e. The van der Waals surface area contributed by atoms with Gasteiger partial charge in [-0.05, 0) is 26.3 Å². The molecule has 0 spiro atoms. The molecule has 0 aromatic carbocycles. The summed E-state index contributed by atoms with van der Waals surface area (Å²) in [6.07, 6.45) is 6.41. The third-order valence-electron chi connectivity index (χ3n) is 1.93. The molecule has 0 saturated carbocycles. The number of carbonyl (C=O) groups excluding carboxylic acids is 1. The molecule has 11 heavy (non-hydrogen) atoms. The van der Waals surface area contributed by atoms with Gasteiger partial charge >= 0.3 is 0 Å². The number of likely N-dealkylation sites (N-methyl/N-ethyl adjacent to an activating group) is 1. The van der Waals surface area contributed by atoms with Crippen LogP contribution in [0.4, 0.5) is 0 Å². The Morgan fingerprint density at radius 3 is 3.09 bits per heavy atom. The van der Waals surface area contributed by atoms with E-state index in [1.54, 1.807) is 7.05 Å². The molecule has 1 rings (SSSR count). The quantitative estimate of drug-likeness (QED) is 0.616. The Hall–Kier alpha value is -0.630. The lowest BCUT2D eigenvalue weighted by atomic mass is 10.1. The van der Waals surface area contributed by atoms with Crippen molar-refractivity contribution >= 4 is 5.78 Å². The largest absolute Gasteiger partial charge is 0.313 e. The highest BCUT2D eigenvalue weighted by atomic mass is 16.1.